The third-order valence-electron chi connectivity index (χ3n) is 5.64. The molecule has 1 aromatic carbocycles. The molecule has 2 aliphatic rings. The lowest BCUT2D eigenvalue weighted by atomic mass is 9.89. The SMILES string of the molecule is Cl.NC[C@@H]1CN(CC(=O)N2CCCC(C(F)(F)F)C2)C[C@H]1c1ccccc1. The van der Waals surface area contributed by atoms with Gasteiger partial charge in [-0.2, -0.15) is 13.2 Å². The largest absolute Gasteiger partial charge is 0.393 e. The van der Waals surface area contributed by atoms with Crippen molar-refractivity contribution in [3.8, 4) is 0 Å². The molecule has 8 heteroatoms. The molecule has 1 amide bonds. The Morgan fingerprint density at radius 3 is 2.48 bits per heavy atom. The van der Waals surface area contributed by atoms with Crippen molar-refractivity contribution in [3.05, 3.63) is 35.9 Å². The molecule has 27 heavy (non-hydrogen) atoms. The number of hydrogen-bond acceptors (Lipinski definition) is 3. The summed E-state index contributed by atoms with van der Waals surface area (Å²) in [4.78, 5) is 16.0. The summed E-state index contributed by atoms with van der Waals surface area (Å²) < 4.78 is 38.9. The summed E-state index contributed by atoms with van der Waals surface area (Å²) in [6.45, 7) is 2.33. The summed E-state index contributed by atoms with van der Waals surface area (Å²) in [5, 5.41) is 0. The van der Waals surface area contributed by atoms with Crippen LogP contribution in [0, 0.1) is 11.8 Å². The fourth-order valence-corrected chi connectivity index (χ4v) is 4.17. The van der Waals surface area contributed by atoms with Crippen LogP contribution in [-0.4, -0.2) is 61.2 Å². The lowest BCUT2D eigenvalue weighted by Crippen LogP contribution is -2.47. The van der Waals surface area contributed by atoms with Crippen molar-refractivity contribution in [1.82, 2.24) is 9.80 Å². The zero-order valence-corrected chi connectivity index (χ0v) is 16.0. The van der Waals surface area contributed by atoms with Gasteiger partial charge in [-0.25, -0.2) is 0 Å². The van der Waals surface area contributed by atoms with Gasteiger partial charge in [-0.05, 0) is 30.9 Å². The van der Waals surface area contributed by atoms with E-state index in [0.717, 1.165) is 0 Å². The molecule has 0 radical (unpaired) electrons. The summed E-state index contributed by atoms with van der Waals surface area (Å²) in [5.41, 5.74) is 7.12. The van der Waals surface area contributed by atoms with Crippen LogP contribution < -0.4 is 5.73 Å². The number of hydrogen-bond donors (Lipinski definition) is 1. The van der Waals surface area contributed by atoms with E-state index in [1.807, 2.05) is 23.1 Å². The zero-order chi connectivity index (χ0) is 18.7. The number of likely N-dealkylation sites (tertiary alicyclic amines) is 2. The van der Waals surface area contributed by atoms with Crippen molar-refractivity contribution in [3.63, 3.8) is 0 Å². The normalized spacial score (nSPS) is 26.7. The molecule has 0 bridgehead atoms. The number of halogens is 4. The maximum atomic E-state index is 13.0. The van der Waals surface area contributed by atoms with Crippen molar-refractivity contribution in [2.45, 2.75) is 24.9 Å². The van der Waals surface area contributed by atoms with Gasteiger partial charge >= 0.3 is 6.18 Å². The van der Waals surface area contributed by atoms with E-state index in [9.17, 15) is 18.0 Å². The van der Waals surface area contributed by atoms with E-state index >= 15 is 0 Å². The minimum atomic E-state index is -4.23. The number of rotatable bonds is 4. The van der Waals surface area contributed by atoms with Crippen molar-refractivity contribution in [1.29, 1.82) is 0 Å². The Labute approximate surface area is 164 Å². The van der Waals surface area contributed by atoms with E-state index in [4.69, 9.17) is 5.73 Å². The number of amides is 1. The van der Waals surface area contributed by atoms with E-state index in [-0.39, 0.29) is 49.7 Å². The molecule has 1 unspecified atom stereocenters. The minimum Gasteiger partial charge on any atom is -0.341 e. The Hall–Kier alpha value is -1.31. The first-order valence-corrected chi connectivity index (χ1v) is 9.20. The fourth-order valence-electron chi connectivity index (χ4n) is 4.17. The maximum Gasteiger partial charge on any atom is 0.393 e. The Kier molecular flexibility index (Phi) is 7.54. The number of carbonyl (C=O) groups excluding carboxylic acids is 1. The monoisotopic (exact) mass is 405 g/mol. The van der Waals surface area contributed by atoms with Crippen LogP contribution in [0.2, 0.25) is 0 Å². The predicted molar refractivity (Wildman–Crippen MR) is 101 cm³/mol. The van der Waals surface area contributed by atoms with E-state index in [0.29, 0.717) is 32.6 Å². The van der Waals surface area contributed by atoms with Gasteiger partial charge in [0.2, 0.25) is 5.91 Å². The molecular formula is C19H27ClF3N3O. The molecule has 2 saturated heterocycles. The molecule has 0 spiro atoms. The molecule has 3 rings (SSSR count). The average molecular weight is 406 g/mol. The number of carbonyl (C=O) groups is 1. The van der Waals surface area contributed by atoms with E-state index < -0.39 is 12.1 Å². The highest BCUT2D eigenvalue weighted by molar-refractivity contribution is 5.85. The Balaban J connectivity index is 0.00000261. The summed E-state index contributed by atoms with van der Waals surface area (Å²) in [6, 6.07) is 10.1. The van der Waals surface area contributed by atoms with Crippen LogP contribution in [0.25, 0.3) is 0 Å². The Morgan fingerprint density at radius 2 is 1.85 bits per heavy atom. The van der Waals surface area contributed by atoms with Gasteiger partial charge in [0.15, 0.2) is 0 Å². The fraction of sp³-hybridized carbons (Fsp3) is 0.632. The third kappa shape index (κ3) is 5.36. The van der Waals surface area contributed by atoms with Crippen LogP contribution in [0.4, 0.5) is 13.2 Å². The third-order valence-corrected chi connectivity index (χ3v) is 5.64. The lowest BCUT2D eigenvalue weighted by Gasteiger charge is -2.34. The van der Waals surface area contributed by atoms with Crippen LogP contribution >= 0.6 is 12.4 Å². The van der Waals surface area contributed by atoms with Gasteiger partial charge in [0, 0.05) is 32.1 Å². The number of benzene rings is 1. The van der Waals surface area contributed by atoms with Crippen LogP contribution in [0.1, 0.15) is 24.3 Å². The topological polar surface area (TPSA) is 49.6 Å². The highest BCUT2D eigenvalue weighted by Gasteiger charge is 2.43. The molecule has 2 N–H and O–H groups in total. The number of nitrogens with two attached hydrogens (primary N) is 1. The highest BCUT2D eigenvalue weighted by atomic mass is 35.5. The maximum absolute atomic E-state index is 13.0. The average Bonchev–Trinajstić information content (AvgIpc) is 3.04. The molecule has 2 heterocycles. The summed E-state index contributed by atoms with van der Waals surface area (Å²) in [6.07, 6.45) is -3.70. The van der Waals surface area contributed by atoms with Crippen molar-refractivity contribution >= 4 is 18.3 Å². The molecular weight excluding hydrogens is 379 g/mol. The van der Waals surface area contributed by atoms with Crippen molar-refractivity contribution in [2.24, 2.45) is 17.6 Å². The summed E-state index contributed by atoms with van der Waals surface area (Å²) in [7, 11) is 0. The van der Waals surface area contributed by atoms with Crippen LogP contribution in [0.3, 0.4) is 0 Å². The van der Waals surface area contributed by atoms with Gasteiger partial charge < -0.3 is 10.6 Å². The molecule has 0 aromatic heterocycles. The van der Waals surface area contributed by atoms with Gasteiger partial charge in [0.25, 0.3) is 0 Å². The van der Waals surface area contributed by atoms with E-state index in [1.54, 1.807) is 0 Å². The van der Waals surface area contributed by atoms with Gasteiger partial charge in [0.1, 0.15) is 0 Å². The smallest absolute Gasteiger partial charge is 0.341 e. The quantitative estimate of drug-likeness (QED) is 0.838. The minimum absolute atomic E-state index is 0. The Morgan fingerprint density at radius 1 is 1.15 bits per heavy atom. The first kappa shape index (κ1) is 22.0. The molecule has 152 valence electrons. The highest BCUT2D eigenvalue weighted by Crippen LogP contribution is 2.34. The second kappa shape index (κ2) is 9.26. The first-order valence-electron chi connectivity index (χ1n) is 9.20. The van der Waals surface area contributed by atoms with Gasteiger partial charge in [-0.15, -0.1) is 12.4 Å². The van der Waals surface area contributed by atoms with Gasteiger partial charge in [-0.1, -0.05) is 30.3 Å². The van der Waals surface area contributed by atoms with Crippen molar-refractivity contribution in [2.75, 3.05) is 39.3 Å². The zero-order valence-electron chi connectivity index (χ0n) is 15.2. The second-order valence-corrected chi connectivity index (χ2v) is 7.43. The van der Waals surface area contributed by atoms with Crippen molar-refractivity contribution < 1.29 is 18.0 Å². The van der Waals surface area contributed by atoms with Crippen LogP contribution in [0.5, 0.6) is 0 Å². The first-order chi connectivity index (χ1) is 12.4. The van der Waals surface area contributed by atoms with E-state index in [2.05, 4.69) is 12.1 Å². The molecule has 0 aliphatic carbocycles. The van der Waals surface area contributed by atoms with Gasteiger partial charge in [-0.3, -0.25) is 9.69 Å². The number of alkyl halides is 3. The number of piperidine rings is 1. The molecule has 1 aromatic rings. The molecule has 3 atom stereocenters. The molecule has 2 aliphatic heterocycles. The summed E-state index contributed by atoms with van der Waals surface area (Å²) >= 11 is 0. The standard InChI is InChI=1S/C19H26F3N3O.ClH/c20-19(21,22)16-7-4-8-25(11-16)18(26)13-24-10-15(9-23)17(12-24)14-5-2-1-3-6-14;/h1-3,5-6,15-17H,4,7-13,23H2;1H/t15-,16?,17+;/m1./s1. The van der Waals surface area contributed by atoms with Gasteiger partial charge in [0.05, 0.1) is 12.5 Å². The lowest BCUT2D eigenvalue weighted by molar-refractivity contribution is -0.188. The number of nitrogens with zero attached hydrogens (tertiary/aromatic N) is 2. The molecule has 2 fully saturated rings. The van der Waals surface area contributed by atoms with E-state index in [1.165, 1.54) is 10.5 Å². The Bertz CT molecular complexity index is 614. The van der Waals surface area contributed by atoms with Crippen LogP contribution in [-0.2, 0) is 4.79 Å². The molecule has 4 nitrogen and oxygen atoms in total. The molecule has 0 saturated carbocycles. The summed E-state index contributed by atoms with van der Waals surface area (Å²) in [5.74, 6) is -1.08. The predicted octanol–water partition coefficient (Wildman–Crippen LogP) is 2.88. The van der Waals surface area contributed by atoms with Crippen LogP contribution in [0.15, 0.2) is 30.3 Å². The second-order valence-electron chi connectivity index (χ2n) is 7.43.